The maximum Gasteiger partial charge on any atom is 0.277 e. The van der Waals surface area contributed by atoms with Gasteiger partial charge in [0.05, 0.1) is 0 Å². The largest absolute Gasteiger partial charge is 0.385 e. The summed E-state index contributed by atoms with van der Waals surface area (Å²) >= 11 is 0. The van der Waals surface area contributed by atoms with E-state index in [0.717, 1.165) is 25.1 Å². The molecule has 1 aromatic carbocycles. The molecule has 2 heterocycles. The number of nitrogens with zero attached hydrogens (tertiary/aromatic N) is 3. The Kier molecular flexibility index (Phi) is 5.28. The van der Waals surface area contributed by atoms with E-state index >= 15 is 0 Å². The Morgan fingerprint density at radius 3 is 2.96 bits per heavy atom. The molecule has 0 fully saturated rings. The lowest BCUT2D eigenvalue weighted by Gasteiger charge is -2.22. The van der Waals surface area contributed by atoms with Gasteiger partial charge in [-0.3, -0.25) is 4.79 Å². The molecule has 0 aliphatic carbocycles. The van der Waals surface area contributed by atoms with Crippen LogP contribution in [0.1, 0.15) is 35.2 Å². The van der Waals surface area contributed by atoms with Crippen LogP contribution < -0.4 is 10.2 Å². The Morgan fingerprint density at radius 1 is 1.36 bits per heavy atom. The maximum atomic E-state index is 13.1. The number of aromatic nitrogens is 2. The minimum absolute atomic E-state index is 0.0807. The first-order valence-electron chi connectivity index (χ1n) is 8.60. The van der Waals surface area contributed by atoms with Crippen molar-refractivity contribution in [2.24, 2.45) is 0 Å². The van der Waals surface area contributed by atoms with Gasteiger partial charge in [-0.2, -0.15) is 0 Å². The van der Waals surface area contributed by atoms with E-state index in [2.05, 4.69) is 28.3 Å². The van der Waals surface area contributed by atoms with Gasteiger partial charge in [0.1, 0.15) is 17.3 Å². The number of fused-ring (bicyclic) bond motifs is 1. The number of anilines is 2. The molecule has 1 N–H and O–H groups in total. The average Bonchev–Trinajstić information content (AvgIpc) is 2.93. The summed E-state index contributed by atoms with van der Waals surface area (Å²) in [6.07, 6.45) is 1.74. The number of hydrogen-bond donors (Lipinski definition) is 1. The summed E-state index contributed by atoms with van der Waals surface area (Å²) in [6, 6.07) is 9.90. The van der Waals surface area contributed by atoms with Gasteiger partial charge in [0.2, 0.25) is 0 Å². The Morgan fingerprint density at radius 2 is 2.16 bits per heavy atom. The summed E-state index contributed by atoms with van der Waals surface area (Å²) in [4.78, 5) is 23.7. The quantitative estimate of drug-likeness (QED) is 0.819. The average molecular weight is 340 g/mol. The number of nitrogens with one attached hydrogen (secondary N) is 1. The standard InChI is InChI=1S/C19H24N4O2/c1-13-11-15-7-4-5-8-17(15)23(13)19(24)16-12-18(22-14(2)21-16)20-9-6-10-25-3/h4-5,7-8,12-13H,6,9-11H2,1-3H3,(H,20,21,22). The Bertz CT molecular complexity index is 763. The summed E-state index contributed by atoms with van der Waals surface area (Å²) in [5, 5.41) is 3.23. The van der Waals surface area contributed by atoms with Crippen LogP contribution in [0.5, 0.6) is 0 Å². The van der Waals surface area contributed by atoms with Gasteiger partial charge in [0.25, 0.3) is 5.91 Å². The topological polar surface area (TPSA) is 67.3 Å². The van der Waals surface area contributed by atoms with E-state index in [9.17, 15) is 4.79 Å². The predicted molar refractivity (Wildman–Crippen MR) is 98.2 cm³/mol. The SMILES string of the molecule is COCCCNc1cc(C(=O)N2c3ccccc3CC2C)nc(C)n1. The van der Waals surface area contributed by atoms with E-state index in [1.165, 1.54) is 5.56 Å². The van der Waals surface area contributed by atoms with Gasteiger partial charge in [-0.15, -0.1) is 0 Å². The summed E-state index contributed by atoms with van der Waals surface area (Å²) < 4.78 is 5.04. The van der Waals surface area contributed by atoms with Gasteiger partial charge < -0.3 is 15.0 Å². The highest BCUT2D eigenvalue weighted by Gasteiger charge is 2.32. The Labute approximate surface area is 148 Å². The molecule has 1 unspecified atom stereocenters. The fourth-order valence-corrected chi connectivity index (χ4v) is 3.20. The molecule has 25 heavy (non-hydrogen) atoms. The normalized spacial score (nSPS) is 16.0. The Hall–Kier alpha value is -2.47. The molecule has 0 bridgehead atoms. The fourth-order valence-electron chi connectivity index (χ4n) is 3.20. The van der Waals surface area contributed by atoms with E-state index in [1.807, 2.05) is 23.1 Å². The van der Waals surface area contributed by atoms with E-state index in [0.29, 0.717) is 23.9 Å². The van der Waals surface area contributed by atoms with Crippen molar-refractivity contribution in [1.82, 2.24) is 9.97 Å². The molecule has 1 aliphatic heterocycles. The predicted octanol–water partition coefficient (Wildman–Crippen LogP) is 2.82. The number of hydrogen-bond acceptors (Lipinski definition) is 5. The van der Waals surface area contributed by atoms with Crippen LogP contribution in [0.3, 0.4) is 0 Å². The monoisotopic (exact) mass is 340 g/mol. The zero-order chi connectivity index (χ0) is 17.8. The van der Waals surface area contributed by atoms with Crippen LogP contribution in [0.15, 0.2) is 30.3 Å². The highest BCUT2D eigenvalue weighted by atomic mass is 16.5. The first-order chi connectivity index (χ1) is 12.1. The van der Waals surface area contributed by atoms with E-state index < -0.39 is 0 Å². The minimum Gasteiger partial charge on any atom is -0.385 e. The smallest absolute Gasteiger partial charge is 0.277 e. The fraction of sp³-hybridized carbons (Fsp3) is 0.421. The molecule has 1 aromatic heterocycles. The molecule has 132 valence electrons. The highest BCUT2D eigenvalue weighted by Crippen LogP contribution is 2.32. The zero-order valence-electron chi connectivity index (χ0n) is 15.0. The molecular formula is C19H24N4O2. The number of ether oxygens (including phenoxy) is 1. The third kappa shape index (κ3) is 3.79. The van der Waals surface area contributed by atoms with Crippen LogP contribution in [-0.2, 0) is 11.2 Å². The lowest BCUT2D eigenvalue weighted by Crippen LogP contribution is -2.36. The van der Waals surface area contributed by atoms with Crippen molar-refractivity contribution in [2.45, 2.75) is 32.7 Å². The molecule has 0 radical (unpaired) electrons. The highest BCUT2D eigenvalue weighted by molar-refractivity contribution is 6.06. The second-order valence-corrected chi connectivity index (χ2v) is 6.32. The van der Waals surface area contributed by atoms with Crippen molar-refractivity contribution >= 4 is 17.4 Å². The third-order valence-electron chi connectivity index (χ3n) is 4.31. The van der Waals surface area contributed by atoms with Crippen LogP contribution in [0.4, 0.5) is 11.5 Å². The number of aryl methyl sites for hydroxylation is 1. The van der Waals surface area contributed by atoms with Crippen LogP contribution in [0.25, 0.3) is 0 Å². The molecule has 1 amide bonds. The van der Waals surface area contributed by atoms with Crippen molar-refractivity contribution in [1.29, 1.82) is 0 Å². The first kappa shape index (κ1) is 17.4. The van der Waals surface area contributed by atoms with E-state index in [4.69, 9.17) is 4.74 Å². The van der Waals surface area contributed by atoms with Gasteiger partial charge in [0.15, 0.2) is 0 Å². The molecule has 6 nitrogen and oxygen atoms in total. The molecule has 6 heteroatoms. The maximum absolute atomic E-state index is 13.1. The van der Waals surface area contributed by atoms with E-state index in [1.54, 1.807) is 20.1 Å². The van der Waals surface area contributed by atoms with Gasteiger partial charge in [-0.05, 0) is 38.3 Å². The number of amides is 1. The van der Waals surface area contributed by atoms with Gasteiger partial charge in [0, 0.05) is 38.1 Å². The lowest BCUT2D eigenvalue weighted by molar-refractivity contribution is 0.0976. The number of para-hydroxylation sites is 1. The molecule has 3 rings (SSSR count). The molecule has 0 spiro atoms. The first-order valence-corrected chi connectivity index (χ1v) is 8.60. The Balaban J connectivity index is 1.81. The number of benzene rings is 1. The number of carbonyl (C=O) groups excluding carboxylic acids is 1. The molecular weight excluding hydrogens is 316 g/mol. The van der Waals surface area contributed by atoms with Crippen LogP contribution in [0, 0.1) is 6.92 Å². The third-order valence-corrected chi connectivity index (χ3v) is 4.31. The molecule has 0 saturated heterocycles. The lowest BCUT2D eigenvalue weighted by atomic mass is 10.1. The van der Waals surface area contributed by atoms with Crippen LogP contribution in [-0.4, -0.2) is 42.2 Å². The summed E-state index contributed by atoms with van der Waals surface area (Å²) in [5.41, 5.74) is 2.60. The van der Waals surface area contributed by atoms with Crippen molar-refractivity contribution in [3.05, 3.63) is 47.4 Å². The van der Waals surface area contributed by atoms with E-state index in [-0.39, 0.29) is 11.9 Å². The second-order valence-electron chi connectivity index (χ2n) is 6.32. The molecule has 1 aliphatic rings. The minimum atomic E-state index is -0.0807. The number of carbonyl (C=O) groups is 1. The molecule has 2 aromatic rings. The summed E-state index contributed by atoms with van der Waals surface area (Å²) in [7, 11) is 1.68. The summed E-state index contributed by atoms with van der Waals surface area (Å²) in [5.74, 6) is 1.18. The zero-order valence-corrected chi connectivity index (χ0v) is 15.0. The van der Waals surface area contributed by atoms with Crippen molar-refractivity contribution in [3.63, 3.8) is 0 Å². The molecule has 0 saturated carbocycles. The van der Waals surface area contributed by atoms with Gasteiger partial charge in [-0.25, -0.2) is 9.97 Å². The van der Waals surface area contributed by atoms with Gasteiger partial charge in [-0.1, -0.05) is 18.2 Å². The van der Waals surface area contributed by atoms with Crippen molar-refractivity contribution in [2.75, 3.05) is 30.5 Å². The van der Waals surface area contributed by atoms with Crippen molar-refractivity contribution in [3.8, 4) is 0 Å². The van der Waals surface area contributed by atoms with Crippen molar-refractivity contribution < 1.29 is 9.53 Å². The van der Waals surface area contributed by atoms with Gasteiger partial charge >= 0.3 is 0 Å². The van der Waals surface area contributed by atoms with Crippen LogP contribution >= 0.6 is 0 Å². The number of methoxy groups -OCH3 is 1. The number of rotatable bonds is 6. The second kappa shape index (κ2) is 7.61. The van der Waals surface area contributed by atoms with Crippen LogP contribution in [0.2, 0.25) is 0 Å². The molecule has 1 atom stereocenters. The summed E-state index contributed by atoms with van der Waals surface area (Å²) in [6.45, 7) is 5.29.